The van der Waals surface area contributed by atoms with Crippen LogP contribution in [0.15, 0.2) is 24.3 Å². The van der Waals surface area contributed by atoms with Crippen LogP contribution in [0.2, 0.25) is 0 Å². The molecule has 0 heterocycles. The fourth-order valence-corrected chi connectivity index (χ4v) is 1.35. The molecule has 1 rings (SSSR count). The van der Waals surface area contributed by atoms with E-state index in [0.717, 1.165) is 24.3 Å². The third-order valence-corrected chi connectivity index (χ3v) is 2.51. The minimum Gasteiger partial charge on any atom is -0.345 e. The summed E-state index contributed by atoms with van der Waals surface area (Å²) in [6.45, 7) is -0.393. The Balaban J connectivity index is 2.53. The van der Waals surface area contributed by atoms with E-state index in [2.05, 4.69) is 10.6 Å². The number of amides is 2. The molecule has 0 atom stereocenters. The van der Waals surface area contributed by atoms with Gasteiger partial charge in [0.05, 0.1) is 12.1 Å². The number of rotatable bonds is 4. The van der Waals surface area contributed by atoms with Gasteiger partial charge in [0.25, 0.3) is 5.91 Å². The summed E-state index contributed by atoms with van der Waals surface area (Å²) in [5.74, 6) is -1.36. The Morgan fingerprint density at radius 3 is 2.15 bits per heavy atom. The molecule has 0 aliphatic rings. The van der Waals surface area contributed by atoms with Gasteiger partial charge in [-0.3, -0.25) is 9.59 Å². The molecule has 0 fully saturated rings. The van der Waals surface area contributed by atoms with Crippen LogP contribution in [0.4, 0.5) is 18.9 Å². The van der Waals surface area contributed by atoms with E-state index in [1.165, 1.54) is 0 Å². The van der Waals surface area contributed by atoms with E-state index in [1.807, 2.05) is 0 Å². The molecule has 1 aromatic rings. The first-order valence-electron chi connectivity index (χ1n) is 5.23. The number of halogens is 5. The van der Waals surface area contributed by atoms with E-state index < -0.39 is 34.9 Å². The van der Waals surface area contributed by atoms with Crippen molar-refractivity contribution in [1.29, 1.82) is 0 Å². The molecule has 0 saturated carbocycles. The normalized spacial score (nSPS) is 11.3. The van der Waals surface area contributed by atoms with Gasteiger partial charge in [0.1, 0.15) is 0 Å². The van der Waals surface area contributed by atoms with Crippen LogP contribution < -0.4 is 10.6 Å². The fourth-order valence-electron chi connectivity index (χ4n) is 1.19. The maximum atomic E-state index is 12.3. The highest BCUT2D eigenvalue weighted by atomic mass is 35.5. The van der Waals surface area contributed by atoms with Crippen LogP contribution in [0.3, 0.4) is 0 Å². The number of hydrogen-bond acceptors (Lipinski definition) is 2. The van der Waals surface area contributed by atoms with Crippen LogP contribution in [0.5, 0.6) is 0 Å². The van der Waals surface area contributed by atoms with E-state index in [1.54, 1.807) is 0 Å². The first kappa shape index (κ1) is 16.6. The summed E-state index contributed by atoms with van der Waals surface area (Å²) in [7, 11) is 0. The number of anilines is 1. The van der Waals surface area contributed by atoms with E-state index in [-0.39, 0.29) is 5.69 Å². The lowest BCUT2D eigenvalue weighted by Gasteiger charge is -2.09. The summed E-state index contributed by atoms with van der Waals surface area (Å²) in [6, 6.07) is 3.88. The Bertz CT molecular complexity index is 489. The molecule has 110 valence electrons. The zero-order valence-electron chi connectivity index (χ0n) is 9.80. The number of carbonyl (C=O) groups is 2. The maximum absolute atomic E-state index is 12.3. The van der Waals surface area contributed by atoms with Crippen LogP contribution in [0.1, 0.15) is 5.56 Å². The largest absolute Gasteiger partial charge is 0.416 e. The van der Waals surface area contributed by atoms with Crippen molar-refractivity contribution in [1.82, 2.24) is 5.32 Å². The predicted molar refractivity (Wildman–Crippen MR) is 68.6 cm³/mol. The molecule has 9 heteroatoms. The molecule has 0 radical (unpaired) electrons. The van der Waals surface area contributed by atoms with Crippen molar-refractivity contribution in [3.8, 4) is 0 Å². The third-order valence-electron chi connectivity index (χ3n) is 2.12. The van der Waals surface area contributed by atoms with Crippen molar-refractivity contribution in [3.05, 3.63) is 29.8 Å². The van der Waals surface area contributed by atoms with Crippen molar-refractivity contribution >= 4 is 40.7 Å². The first-order valence-corrected chi connectivity index (χ1v) is 6.10. The second-order valence-electron chi connectivity index (χ2n) is 3.64. The number of carbonyl (C=O) groups excluding carboxylic acids is 2. The average Bonchev–Trinajstić information content (AvgIpc) is 2.35. The lowest BCUT2D eigenvalue weighted by atomic mass is 10.2. The van der Waals surface area contributed by atoms with Gasteiger partial charge in [-0.15, -0.1) is 0 Å². The summed E-state index contributed by atoms with van der Waals surface area (Å²) in [4.78, 5) is 21.1. The topological polar surface area (TPSA) is 58.2 Å². The summed E-state index contributed by atoms with van der Waals surface area (Å²) in [5, 5.41) is 4.45. The van der Waals surface area contributed by atoms with Crippen molar-refractivity contribution < 1.29 is 22.8 Å². The number of hydrogen-bond donors (Lipinski definition) is 2. The van der Waals surface area contributed by atoms with Crippen LogP contribution in [-0.2, 0) is 15.8 Å². The van der Waals surface area contributed by atoms with Crippen LogP contribution >= 0.6 is 23.2 Å². The molecule has 20 heavy (non-hydrogen) atoms. The molecule has 1 aromatic carbocycles. The molecule has 0 unspecified atom stereocenters. The minimum absolute atomic E-state index is 0.172. The summed E-state index contributed by atoms with van der Waals surface area (Å²) in [6.07, 6.45) is -4.44. The van der Waals surface area contributed by atoms with E-state index in [0.29, 0.717) is 0 Å². The second kappa shape index (κ2) is 6.81. The van der Waals surface area contributed by atoms with Gasteiger partial charge < -0.3 is 10.6 Å². The van der Waals surface area contributed by atoms with Crippen molar-refractivity contribution in [3.63, 3.8) is 0 Å². The predicted octanol–water partition coefficient (Wildman–Crippen LogP) is 2.56. The molecule has 4 nitrogen and oxygen atoms in total. The molecule has 2 amide bonds. The molecule has 0 aromatic heterocycles. The second-order valence-corrected chi connectivity index (χ2v) is 4.74. The van der Waals surface area contributed by atoms with Crippen molar-refractivity contribution in [2.45, 2.75) is 11.0 Å². The highest BCUT2D eigenvalue weighted by Crippen LogP contribution is 2.29. The Hall–Kier alpha value is -1.47. The molecule has 0 spiro atoms. The van der Waals surface area contributed by atoms with Crippen molar-refractivity contribution in [2.24, 2.45) is 0 Å². The number of benzene rings is 1. The van der Waals surface area contributed by atoms with Crippen LogP contribution in [0, 0.1) is 0 Å². The Labute approximate surface area is 122 Å². The Morgan fingerprint density at radius 1 is 1.15 bits per heavy atom. The highest BCUT2D eigenvalue weighted by Gasteiger charge is 2.29. The monoisotopic (exact) mass is 328 g/mol. The minimum atomic E-state index is -4.44. The van der Waals surface area contributed by atoms with Gasteiger partial charge in [-0.25, -0.2) is 0 Å². The molecular weight excluding hydrogens is 320 g/mol. The van der Waals surface area contributed by atoms with Gasteiger partial charge in [0.15, 0.2) is 4.84 Å². The lowest BCUT2D eigenvalue weighted by molar-refractivity contribution is -0.137. The van der Waals surface area contributed by atoms with Gasteiger partial charge in [-0.2, -0.15) is 13.2 Å². The Kier molecular flexibility index (Phi) is 5.64. The van der Waals surface area contributed by atoms with Gasteiger partial charge >= 0.3 is 6.18 Å². The van der Waals surface area contributed by atoms with Crippen LogP contribution in [0.25, 0.3) is 0 Å². The smallest absolute Gasteiger partial charge is 0.345 e. The maximum Gasteiger partial charge on any atom is 0.416 e. The molecule has 0 saturated heterocycles. The number of alkyl halides is 5. The van der Waals surface area contributed by atoms with Gasteiger partial charge in [-0.05, 0) is 24.3 Å². The standard InChI is InChI=1S/C11H9Cl2F3N2O2/c12-9(13)10(20)17-5-8(19)18-7-3-1-6(2-4-7)11(14,15)16/h1-4,9H,5H2,(H,17,20)(H,18,19). The van der Waals surface area contributed by atoms with Gasteiger partial charge in [-0.1, -0.05) is 23.2 Å². The number of nitrogens with one attached hydrogen (secondary N) is 2. The zero-order valence-corrected chi connectivity index (χ0v) is 11.3. The van der Waals surface area contributed by atoms with Gasteiger partial charge in [0, 0.05) is 5.69 Å². The highest BCUT2D eigenvalue weighted by molar-refractivity contribution is 6.53. The van der Waals surface area contributed by atoms with Crippen LogP contribution in [-0.4, -0.2) is 23.2 Å². The third kappa shape index (κ3) is 5.26. The zero-order chi connectivity index (χ0) is 15.3. The van der Waals surface area contributed by atoms with E-state index >= 15 is 0 Å². The lowest BCUT2D eigenvalue weighted by Crippen LogP contribution is -2.35. The van der Waals surface area contributed by atoms with Crippen molar-refractivity contribution in [2.75, 3.05) is 11.9 Å². The SMILES string of the molecule is O=C(CNC(=O)C(Cl)Cl)Nc1ccc(C(F)(F)F)cc1. The molecule has 2 N–H and O–H groups in total. The molecule has 0 aliphatic heterocycles. The van der Waals surface area contributed by atoms with E-state index in [4.69, 9.17) is 23.2 Å². The summed E-state index contributed by atoms with van der Waals surface area (Å²) >= 11 is 10.5. The quantitative estimate of drug-likeness (QED) is 0.834. The average molecular weight is 329 g/mol. The molecule has 0 bridgehead atoms. The Morgan fingerprint density at radius 2 is 1.70 bits per heavy atom. The summed E-state index contributed by atoms with van der Waals surface area (Å²) < 4.78 is 36.9. The fraction of sp³-hybridized carbons (Fsp3) is 0.273. The van der Waals surface area contributed by atoms with E-state index in [9.17, 15) is 22.8 Å². The van der Waals surface area contributed by atoms with Gasteiger partial charge in [0.2, 0.25) is 5.91 Å². The molecule has 0 aliphatic carbocycles. The first-order chi connectivity index (χ1) is 9.20. The summed E-state index contributed by atoms with van der Waals surface area (Å²) in [5.41, 5.74) is -0.651. The molecular formula is C11H9Cl2F3N2O2.